The Morgan fingerprint density at radius 3 is 2.72 bits per heavy atom. The summed E-state index contributed by atoms with van der Waals surface area (Å²) < 4.78 is 2.76. The van der Waals surface area contributed by atoms with E-state index in [-0.39, 0.29) is 5.69 Å². The minimum absolute atomic E-state index is 0.0208. The number of carbonyl (C=O) groups is 1. The molecule has 1 aliphatic rings. The van der Waals surface area contributed by atoms with Gasteiger partial charge in [0.1, 0.15) is 11.3 Å². The summed E-state index contributed by atoms with van der Waals surface area (Å²) in [5, 5.41) is 13.3. The van der Waals surface area contributed by atoms with E-state index >= 15 is 0 Å². The van der Waals surface area contributed by atoms with Crippen LogP contribution in [-0.4, -0.2) is 25.3 Å². The van der Waals surface area contributed by atoms with Gasteiger partial charge < -0.3 is 9.67 Å². The van der Waals surface area contributed by atoms with Gasteiger partial charge in [-0.15, -0.1) is 0 Å². The number of aromatic carboxylic acids is 1. The Labute approximate surface area is 102 Å². The van der Waals surface area contributed by atoms with E-state index in [9.17, 15) is 9.59 Å². The molecule has 1 N–H and O–H groups in total. The maximum Gasteiger partial charge on any atom is 0.352 e. The lowest BCUT2D eigenvalue weighted by atomic mass is 9.83. The van der Waals surface area contributed by atoms with Gasteiger partial charge in [-0.3, -0.25) is 4.79 Å². The van der Waals surface area contributed by atoms with Gasteiger partial charge in [-0.2, -0.15) is 9.61 Å². The molecule has 0 amide bonds. The summed E-state index contributed by atoms with van der Waals surface area (Å²) in [6.07, 6.45) is 3.37. The highest BCUT2D eigenvalue weighted by molar-refractivity contribution is 5.86. The summed E-state index contributed by atoms with van der Waals surface area (Å²) in [7, 11) is 1.63. The first-order chi connectivity index (χ1) is 8.58. The van der Waals surface area contributed by atoms with Crippen molar-refractivity contribution in [3.05, 3.63) is 33.9 Å². The van der Waals surface area contributed by atoms with Crippen LogP contribution in [0.5, 0.6) is 0 Å². The molecule has 1 saturated carbocycles. The molecule has 1 fully saturated rings. The first kappa shape index (κ1) is 11.0. The summed E-state index contributed by atoms with van der Waals surface area (Å²) in [5.74, 6) is -0.693. The van der Waals surface area contributed by atoms with Crippen LogP contribution in [0.15, 0.2) is 16.9 Å². The Balaban J connectivity index is 2.26. The maximum atomic E-state index is 11.8. The van der Waals surface area contributed by atoms with Gasteiger partial charge in [-0.25, -0.2) is 4.79 Å². The van der Waals surface area contributed by atoms with Crippen LogP contribution >= 0.6 is 0 Å². The molecule has 0 unspecified atom stereocenters. The monoisotopic (exact) mass is 247 g/mol. The lowest BCUT2D eigenvalue weighted by Crippen LogP contribution is -2.22. The van der Waals surface area contributed by atoms with Crippen LogP contribution in [0.2, 0.25) is 0 Å². The molecule has 0 aromatic carbocycles. The second-order valence-electron chi connectivity index (χ2n) is 4.70. The summed E-state index contributed by atoms with van der Waals surface area (Å²) in [4.78, 5) is 22.9. The van der Waals surface area contributed by atoms with Crippen molar-refractivity contribution in [2.24, 2.45) is 7.05 Å². The van der Waals surface area contributed by atoms with Crippen molar-refractivity contribution in [3.8, 4) is 0 Å². The predicted octanol–water partition coefficient (Wildman–Crippen LogP) is 0.999. The first-order valence-electron chi connectivity index (χ1n) is 5.91. The number of nitrogens with zero attached hydrogens (tertiary/aromatic N) is 3. The van der Waals surface area contributed by atoms with E-state index in [1.807, 2.05) is 6.07 Å². The van der Waals surface area contributed by atoms with Crippen LogP contribution in [0, 0.1) is 0 Å². The number of aryl methyl sites for hydroxylation is 1. The molecule has 0 atom stereocenters. The van der Waals surface area contributed by atoms with Crippen LogP contribution in [-0.2, 0) is 7.05 Å². The standard InChI is InChI=1S/C12H13N3O3/c1-14-9(12(17)18)6-11(16)15-10(14)5-8(13-15)7-3-2-4-7/h5-7H,2-4H2,1H3,(H,17,18). The summed E-state index contributed by atoms with van der Waals surface area (Å²) in [5.41, 5.74) is 0.997. The molecule has 0 radical (unpaired) electrons. The van der Waals surface area contributed by atoms with Crippen LogP contribution in [0.25, 0.3) is 5.65 Å². The highest BCUT2D eigenvalue weighted by atomic mass is 16.4. The van der Waals surface area contributed by atoms with Gasteiger partial charge >= 0.3 is 5.97 Å². The zero-order valence-electron chi connectivity index (χ0n) is 9.96. The number of carboxylic acid groups (broad SMARTS) is 1. The van der Waals surface area contributed by atoms with Crippen molar-refractivity contribution in [1.82, 2.24) is 14.2 Å². The summed E-state index contributed by atoms with van der Waals surface area (Å²) >= 11 is 0. The van der Waals surface area contributed by atoms with E-state index < -0.39 is 11.5 Å². The van der Waals surface area contributed by atoms with Crippen molar-refractivity contribution in [2.45, 2.75) is 25.2 Å². The molecule has 94 valence electrons. The quantitative estimate of drug-likeness (QED) is 0.858. The van der Waals surface area contributed by atoms with Crippen LogP contribution in [0.3, 0.4) is 0 Å². The van der Waals surface area contributed by atoms with Gasteiger partial charge in [-0.1, -0.05) is 6.42 Å². The van der Waals surface area contributed by atoms with Gasteiger partial charge in [0, 0.05) is 25.1 Å². The molecule has 3 rings (SSSR count). The molecule has 1 aliphatic carbocycles. The number of hydrogen-bond donors (Lipinski definition) is 1. The molecular formula is C12H13N3O3. The smallest absolute Gasteiger partial charge is 0.352 e. The Bertz CT molecular complexity index is 694. The SMILES string of the molecule is Cn1c(C(=O)O)cc(=O)n2nc(C3CCC3)cc12. The Morgan fingerprint density at radius 1 is 1.44 bits per heavy atom. The highest BCUT2D eigenvalue weighted by Crippen LogP contribution is 2.35. The van der Waals surface area contributed by atoms with Crippen molar-refractivity contribution in [1.29, 1.82) is 0 Å². The zero-order valence-corrected chi connectivity index (χ0v) is 9.96. The van der Waals surface area contributed by atoms with Crippen LogP contribution in [0.4, 0.5) is 0 Å². The minimum Gasteiger partial charge on any atom is -0.477 e. The van der Waals surface area contributed by atoms with Crippen LogP contribution < -0.4 is 5.56 Å². The lowest BCUT2D eigenvalue weighted by Gasteiger charge is -2.22. The highest BCUT2D eigenvalue weighted by Gasteiger charge is 2.24. The molecular weight excluding hydrogens is 234 g/mol. The number of hydrogen-bond acceptors (Lipinski definition) is 3. The molecule has 6 nitrogen and oxygen atoms in total. The van der Waals surface area contributed by atoms with Gasteiger partial charge in [-0.05, 0) is 12.8 Å². The maximum absolute atomic E-state index is 11.8. The fourth-order valence-electron chi connectivity index (χ4n) is 2.30. The van der Waals surface area contributed by atoms with E-state index in [4.69, 9.17) is 5.11 Å². The van der Waals surface area contributed by atoms with Crippen molar-refractivity contribution >= 4 is 11.6 Å². The van der Waals surface area contributed by atoms with E-state index in [2.05, 4.69) is 5.10 Å². The third kappa shape index (κ3) is 1.45. The van der Waals surface area contributed by atoms with E-state index in [1.165, 1.54) is 15.5 Å². The molecule has 18 heavy (non-hydrogen) atoms. The fraction of sp³-hybridized carbons (Fsp3) is 0.417. The number of aromatic nitrogens is 3. The average Bonchev–Trinajstić information content (AvgIpc) is 2.65. The number of carboxylic acids is 1. The summed E-state index contributed by atoms with van der Waals surface area (Å²) in [6.45, 7) is 0. The molecule has 2 aromatic rings. The topological polar surface area (TPSA) is 76.6 Å². The molecule has 0 bridgehead atoms. The molecule has 0 spiro atoms. The molecule has 6 heteroatoms. The molecule has 2 aromatic heterocycles. The first-order valence-corrected chi connectivity index (χ1v) is 5.91. The lowest BCUT2D eigenvalue weighted by molar-refractivity contribution is 0.0685. The van der Waals surface area contributed by atoms with Gasteiger partial charge in [0.25, 0.3) is 5.56 Å². The Hall–Kier alpha value is -2.11. The van der Waals surface area contributed by atoms with Gasteiger partial charge in [0.05, 0.1) is 5.69 Å². The van der Waals surface area contributed by atoms with E-state index in [0.717, 1.165) is 24.6 Å². The normalized spacial score (nSPS) is 15.8. The molecule has 0 aliphatic heterocycles. The van der Waals surface area contributed by atoms with E-state index in [1.54, 1.807) is 7.05 Å². The van der Waals surface area contributed by atoms with Gasteiger partial charge in [0.2, 0.25) is 0 Å². The molecule has 2 heterocycles. The third-order valence-corrected chi connectivity index (χ3v) is 3.63. The predicted molar refractivity (Wildman–Crippen MR) is 64.0 cm³/mol. The largest absolute Gasteiger partial charge is 0.477 e. The van der Waals surface area contributed by atoms with Crippen molar-refractivity contribution in [2.75, 3.05) is 0 Å². The average molecular weight is 247 g/mol. The second kappa shape index (κ2) is 3.69. The van der Waals surface area contributed by atoms with Gasteiger partial charge in [0.15, 0.2) is 0 Å². The zero-order chi connectivity index (χ0) is 12.9. The Kier molecular flexibility index (Phi) is 2.26. The van der Waals surface area contributed by atoms with E-state index in [0.29, 0.717) is 11.6 Å². The fourth-order valence-corrected chi connectivity index (χ4v) is 2.30. The number of rotatable bonds is 2. The third-order valence-electron chi connectivity index (χ3n) is 3.63. The molecule has 0 saturated heterocycles. The van der Waals surface area contributed by atoms with Crippen molar-refractivity contribution < 1.29 is 9.90 Å². The van der Waals surface area contributed by atoms with Crippen molar-refractivity contribution in [3.63, 3.8) is 0 Å². The van der Waals surface area contributed by atoms with Crippen LogP contribution in [0.1, 0.15) is 41.4 Å². The number of fused-ring (bicyclic) bond motifs is 1. The summed E-state index contributed by atoms with van der Waals surface area (Å²) in [6, 6.07) is 2.92. The second-order valence-corrected chi connectivity index (χ2v) is 4.70. The minimum atomic E-state index is -1.11. The Morgan fingerprint density at radius 2 is 2.17 bits per heavy atom.